The fraction of sp³-hybridized carbons (Fsp3) is 0.154. The van der Waals surface area contributed by atoms with Gasteiger partial charge in [0.2, 0.25) is 0 Å². The number of azo groups is 1. The molecule has 3 rings (SSSR count). The predicted octanol–water partition coefficient (Wildman–Crippen LogP) is 6.38. The molecular formula is C26H24N2O3. The van der Waals surface area contributed by atoms with Crippen molar-refractivity contribution in [1.82, 2.24) is 0 Å². The number of esters is 1. The first-order chi connectivity index (χ1) is 15.0. The predicted molar refractivity (Wildman–Crippen MR) is 121 cm³/mol. The highest BCUT2D eigenvalue weighted by molar-refractivity contribution is 6.11. The zero-order valence-electron chi connectivity index (χ0n) is 17.5. The van der Waals surface area contributed by atoms with Crippen LogP contribution in [-0.4, -0.2) is 18.4 Å². The third-order valence-corrected chi connectivity index (χ3v) is 4.59. The maximum atomic E-state index is 12.8. The van der Waals surface area contributed by atoms with Crippen LogP contribution in [0.5, 0.6) is 0 Å². The van der Waals surface area contributed by atoms with Gasteiger partial charge in [-0.1, -0.05) is 61.2 Å². The van der Waals surface area contributed by atoms with Gasteiger partial charge in [0.15, 0.2) is 5.78 Å². The number of ether oxygens (including phenoxy) is 1. The molecule has 0 radical (unpaired) electrons. The lowest BCUT2D eigenvalue weighted by Gasteiger charge is -2.05. The summed E-state index contributed by atoms with van der Waals surface area (Å²) in [7, 11) is 0. The van der Waals surface area contributed by atoms with E-state index in [2.05, 4.69) is 16.8 Å². The number of hydrogen-bond donors (Lipinski definition) is 0. The van der Waals surface area contributed by atoms with E-state index >= 15 is 0 Å². The van der Waals surface area contributed by atoms with E-state index in [1.807, 2.05) is 54.6 Å². The highest BCUT2D eigenvalue weighted by Crippen LogP contribution is 2.25. The van der Waals surface area contributed by atoms with E-state index in [0.717, 1.165) is 18.4 Å². The molecule has 31 heavy (non-hydrogen) atoms. The van der Waals surface area contributed by atoms with Crippen LogP contribution < -0.4 is 0 Å². The minimum Gasteiger partial charge on any atom is -0.462 e. The van der Waals surface area contributed by atoms with E-state index in [1.165, 1.54) is 0 Å². The van der Waals surface area contributed by atoms with Gasteiger partial charge in [-0.05, 0) is 49.6 Å². The Morgan fingerprint density at radius 3 is 2.26 bits per heavy atom. The number of nitrogens with zero attached hydrogens (tertiary/aromatic N) is 2. The van der Waals surface area contributed by atoms with Crippen LogP contribution in [0.25, 0.3) is 0 Å². The molecule has 0 atom stereocenters. The minimum atomic E-state index is -0.359. The standard InChI is InChI=1S/C26H24N2O3/c1-19(2)26(30)31-18-8-9-20-14-16-22(17-15-20)27-28-24-13-7-6-12-23(24)25(29)21-10-4-3-5-11-21/h3-7,10-17H,1,8-9,18H2,2H3. The molecule has 0 spiro atoms. The van der Waals surface area contributed by atoms with Crippen LogP contribution in [0.1, 0.15) is 34.8 Å². The van der Waals surface area contributed by atoms with Gasteiger partial charge in [-0.3, -0.25) is 4.79 Å². The summed E-state index contributed by atoms with van der Waals surface area (Å²) in [5.41, 5.74) is 3.87. The Morgan fingerprint density at radius 2 is 1.55 bits per heavy atom. The quantitative estimate of drug-likeness (QED) is 0.135. The van der Waals surface area contributed by atoms with Crippen LogP contribution in [0.3, 0.4) is 0 Å². The maximum Gasteiger partial charge on any atom is 0.333 e. The second kappa shape index (κ2) is 10.8. The van der Waals surface area contributed by atoms with E-state index in [9.17, 15) is 9.59 Å². The zero-order valence-corrected chi connectivity index (χ0v) is 17.5. The Morgan fingerprint density at radius 1 is 0.871 bits per heavy atom. The van der Waals surface area contributed by atoms with Crippen molar-refractivity contribution in [3.63, 3.8) is 0 Å². The van der Waals surface area contributed by atoms with Gasteiger partial charge in [-0.25, -0.2) is 4.79 Å². The Bertz CT molecular complexity index is 1090. The second-order valence-electron chi connectivity index (χ2n) is 7.10. The Kier molecular flexibility index (Phi) is 7.60. The molecule has 0 amide bonds. The van der Waals surface area contributed by atoms with Crippen molar-refractivity contribution >= 4 is 23.1 Å². The molecule has 5 heteroatoms. The summed E-state index contributed by atoms with van der Waals surface area (Å²) in [6.45, 7) is 5.55. The smallest absolute Gasteiger partial charge is 0.333 e. The van der Waals surface area contributed by atoms with Gasteiger partial charge in [-0.2, -0.15) is 5.11 Å². The first kappa shape index (κ1) is 21.8. The van der Waals surface area contributed by atoms with E-state index in [1.54, 1.807) is 31.2 Å². The number of rotatable bonds is 9. The average molecular weight is 412 g/mol. The molecule has 0 aliphatic rings. The summed E-state index contributed by atoms with van der Waals surface area (Å²) in [5.74, 6) is -0.445. The summed E-state index contributed by atoms with van der Waals surface area (Å²) >= 11 is 0. The lowest BCUT2D eigenvalue weighted by molar-refractivity contribution is -0.139. The van der Waals surface area contributed by atoms with Gasteiger partial charge in [-0.15, -0.1) is 5.11 Å². The summed E-state index contributed by atoms with van der Waals surface area (Å²) in [4.78, 5) is 24.2. The molecule has 156 valence electrons. The summed E-state index contributed by atoms with van der Waals surface area (Å²) in [6, 6.07) is 24.0. The Balaban J connectivity index is 1.62. The molecule has 0 aliphatic carbocycles. The molecule has 3 aromatic carbocycles. The Labute approximate surface area is 182 Å². The molecule has 0 unspecified atom stereocenters. The van der Waals surface area contributed by atoms with Gasteiger partial charge in [0.1, 0.15) is 0 Å². The number of carbonyl (C=O) groups is 2. The SMILES string of the molecule is C=C(C)C(=O)OCCCc1ccc(N=Nc2ccccc2C(=O)c2ccccc2)cc1. The molecule has 5 nitrogen and oxygen atoms in total. The monoisotopic (exact) mass is 412 g/mol. The molecule has 0 heterocycles. The van der Waals surface area contributed by atoms with Crippen LogP contribution >= 0.6 is 0 Å². The van der Waals surface area contributed by atoms with Crippen molar-refractivity contribution in [2.45, 2.75) is 19.8 Å². The lowest BCUT2D eigenvalue weighted by atomic mass is 10.0. The number of aryl methyl sites for hydroxylation is 1. The van der Waals surface area contributed by atoms with E-state index in [-0.39, 0.29) is 11.8 Å². The topological polar surface area (TPSA) is 68.1 Å². The molecule has 0 saturated heterocycles. The summed E-state index contributed by atoms with van der Waals surface area (Å²) in [6.07, 6.45) is 1.52. The highest BCUT2D eigenvalue weighted by Gasteiger charge is 2.12. The average Bonchev–Trinajstić information content (AvgIpc) is 2.81. The van der Waals surface area contributed by atoms with Crippen molar-refractivity contribution in [1.29, 1.82) is 0 Å². The van der Waals surface area contributed by atoms with Gasteiger partial charge in [0.05, 0.1) is 23.5 Å². The van der Waals surface area contributed by atoms with Crippen molar-refractivity contribution < 1.29 is 14.3 Å². The number of ketones is 1. The van der Waals surface area contributed by atoms with Gasteiger partial charge < -0.3 is 4.74 Å². The van der Waals surface area contributed by atoms with Crippen molar-refractivity contribution in [3.8, 4) is 0 Å². The number of hydrogen-bond acceptors (Lipinski definition) is 5. The number of benzene rings is 3. The summed E-state index contributed by atoms with van der Waals surface area (Å²) < 4.78 is 5.10. The third kappa shape index (κ3) is 6.31. The van der Waals surface area contributed by atoms with Crippen LogP contribution in [0, 0.1) is 0 Å². The number of carbonyl (C=O) groups excluding carboxylic acids is 2. The molecule has 0 saturated carbocycles. The first-order valence-electron chi connectivity index (χ1n) is 10.1. The lowest BCUT2D eigenvalue weighted by Crippen LogP contribution is -2.06. The molecule has 0 N–H and O–H groups in total. The highest BCUT2D eigenvalue weighted by atomic mass is 16.5. The van der Waals surface area contributed by atoms with Crippen LogP contribution in [0.4, 0.5) is 11.4 Å². The minimum absolute atomic E-state index is 0.0853. The van der Waals surface area contributed by atoms with Gasteiger partial charge in [0.25, 0.3) is 0 Å². The van der Waals surface area contributed by atoms with E-state index < -0.39 is 0 Å². The maximum absolute atomic E-state index is 12.8. The van der Waals surface area contributed by atoms with Crippen LogP contribution in [-0.2, 0) is 16.0 Å². The first-order valence-corrected chi connectivity index (χ1v) is 10.1. The largest absolute Gasteiger partial charge is 0.462 e. The fourth-order valence-electron chi connectivity index (χ4n) is 2.90. The molecule has 0 fully saturated rings. The van der Waals surface area contributed by atoms with Crippen molar-refractivity contribution in [2.75, 3.05) is 6.61 Å². The molecule has 3 aromatic rings. The van der Waals surface area contributed by atoms with Gasteiger partial charge >= 0.3 is 5.97 Å². The van der Waals surface area contributed by atoms with Crippen LogP contribution in [0.15, 0.2) is 101 Å². The second-order valence-corrected chi connectivity index (χ2v) is 7.10. The summed E-state index contributed by atoms with van der Waals surface area (Å²) in [5, 5.41) is 8.59. The Hall–Kier alpha value is -3.86. The molecule has 0 bridgehead atoms. The third-order valence-electron chi connectivity index (χ3n) is 4.59. The zero-order chi connectivity index (χ0) is 22.1. The van der Waals surface area contributed by atoms with Crippen LogP contribution in [0.2, 0.25) is 0 Å². The van der Waals surface area contributed by atoms with E-state index in [4.69, 9.17) is 4.74 Å². The van der Waals surface area contributed by atoms with Crippen molar-refractivity contribution in [2.24, 2.45) is 10.2 Å². The molecule has 0 aromatic heterocycles. The normalized spacial score (nSPS) is 10.7. The van der Waals surface area contributed by atoms with Gasteiger partial charge in [0, 0.05) is 11.1 Å². The fourth-order valence-corrected chi connectivity index (χ4v) is 2.90. The molecule has 0 aliphatic heterocycles. The van der Waals surface area contributed by atoms with Crippen molar-refractivity contribution in [3.05, 3.63) is 108 Å². The van der Waals surface area contributed by atoms with E-state index in [0.29, 0.717) is 34.7 Å². The molecular weight excluding hydrogens is 388 g/mol.